The zero-order valence-corrected chi connectivity index (χ0v) is 13.2. The molecule has 0 aromatic heterocycles. The Kier molecular flexibility index (Phi) is 5.15. The fraction of sp³-hybridized carbons (Fsp3) is 0.562. The van der Waals surface area contributed by atoms with Gasteiger partial charge in [-0.1, -0.05) is 0 Å². The van der Waals surface area contributed by atoms with Gasteiger partial charge in [0.05, 0.1) is 6.54 Å². The normalized spacial score (nSPS) is 11.3. The first-order valence-electron chi connectivity index (χ1n) is 6.80. The summed E-state index contributed by atoms with van der Waals surface area (Å²) in [4.78, 5) is 13.5. The number of benzene rings is 1. The highest BCUT2D eigenvalue weighted by Crippen LogP contribution is 2.24. The number of carbonyl (C=O) groups is 1. The van der Waals surface area contributed by atoms with Crippen LogP contribution in [0.5, 0.6) is 0 Å². The topological polar surface area (TPSA) is 29.5 Å². The number of amides is 1. The minimum Gasteiger partial charge on any atom is -0.443 e. The number of nitrogens with zero attached hydrogens (tertiary/aromatic N) is 1. The summed E-state index contributed by atoms with van der Waals surface area (Å²) < 4.78 is 18.1. The van der Waals surface area contributed by atoms with Crippen molar-refractivity contribution >= 4 is 11.8 Å². The predicted molar refractivity (Wildman–Crippen MR) is 80.2 cm³/mol. The van der Waals surface area contributed by atoms with Crippen LogP contribution in [0.25, 0.3) is 0 Å². The molecule has 1 amide bonds. The van der Waals surface area contributed by atoms with Gasteiger partial charge in [-0.2, -0.15) is 0 Å². The number of hydrogen-bond donors (Lipinski definition) is 0. The molecule has 0 fully saturated rings. The van der Waals surface area contributed by atoms with Gasteiger partial charge in [0, 0.05) is 5.69 Å². The molecule has 0 spiro atoms. The fourth-order valence-corrected chi connectivity index (χ4v) is 1.90. The Labute approximate surface area is 120 Å². The monoisotopic (exact) mass is 281 g/mol. The van der Waals surface area contributed by atoms with Crippen LogP contribution in [0.3, 0.4) is 0 Å². The number of anilines is 1. The Morgan fingerprint density at radius 3 is 2.10 bits per heavy atom. The second-order valence-electron chi connectivity index (χ2n) is 6.03. The average Bonchev–Trinajstić information content (AvgIpc) is 2.30. The zero-order chi connectivity index (χ0) is 15.5. The van der Waals surface area contributed by atoms with Gasteiger partial charge in [-0.15, -0.1) is 0 Å². The van der Waals surface area contributed by atoms with Crippen molar-refractivity contribution < 1.29 is 13.9 Å². The maximum atomic E-state index is 12.8. The molecule has 3 nitrogen and oxygen atoms in total. The van der Waals surface area contributed by atoms with Gasteiger partial charge in [0.15, 0.2) is 0 Å². The molecule has 0 aliphatic heterocycles. The van der Waals surface area contributed by atoms with Crippen LogP contribution in [-0.4, -0.2) is 24.9 Å². The Morgan fingerprint density at radius 1 is 1.20 bits per heavy atom. The third-order valence-electron chi connectivity index (χ3n) is 3.15. The second-order valence-corrected chi connectivity index (χ2v) is 6.03. The van der Waals surface area contributed by atoms with Crippen molar-refractivity contribution in [3.63, 3.8) is 0 Å². The van der Waals surface area contributed by atoms with Crippen molar-refractivity contribution in [1.82, 2.24) is 0 Å². The van der Waals surface area contributed by atoms with Crippen LogP contribution in [-0.2, 0) is 4.74 Å². The van der Waals surface area contributed by atoms with Crippen LogP contribution in [0, 0.1) is 20.8 Å². The Hall–Kier alpha value is -1.58. The van der Waals surface area contributed by atoms with E-state index >= 15 is 0 Å². The smallest absolute Gasteiger partial charge is 0.414 e. The summed E-state index contributed by atoms with van der Waals surface area (Å²) in [5.41, 5.74) is 3.41. The van der Waals surface area contributed by atoms with E-state index in [4.69, 9.17) is 4.74 Å². The van der Waals surface area contributed by atoms with E-state index in [0.29, 0.717) is 5.69 Å². The van der Waals surface area contributed by atoms with E-state index in [-0.39, 0.29) is 6.54 Å². The summed E-state index contributed by atoms with van der Waals surface area (Å²) >= 11 is 0. The molecule has 1 rings (SSSR count). The summed E-state index contributed by atoms with van der Waals surface area (Å²) in [6.07, 6.45) is -0.516. The lowest BCUT2D eigenvalue weighted by molar-refractivity contribution is 0.0578. The number of halogens is 1. The first-order chi connectivity index (χ1) is 9.15. The lowest BCUT2D eigenvalue weighted by atomic mass is 10.0. The summed E-state index contributed by atoms with van der Waals surface area (Å²) in [6.45, 7) is 10.8. The number of alkyl halides is 1. The first kappa shape index (κ1) is 16.5. The van der Waals surface area contributed by atoms with E-state index < -0.39 is 18.4 Å². The molecule has 0 aliphatic rings. The largest absolute Gasteiger partial charge is 0.443 e. The molecule has 0 N–H and O–H groups in total. The molecule has 4 heteroatoms. The standard InChI is InChI=1S/C16H24FNO2/c1-11-9-14(10-12(2)13(11)3)18(8-7-17)15(19)20-16(4,5)6/h9-10H,7-8H2,1-6H3. The maximum absolute atomic E-state index is 12.8. The molecule has 112 valence electrons. The molecule has 0 unspecified atom stereocenters. The van der Waals surface area contributed by atoms with Gasteiger partial charge in [0.25, 0.3) is 0 Å². The van der Waals surface area contributed by atoms with E-state index in [1.54, 1.807) is 20.8 Å². The molecule has 1 aromatic carbocycles. The number of rotatable bonds is 3. The maximum Gasteiger partial charge on any atom is 0.414 e. The Balaban J connectivity index is 3.11. The summed E-state index contributed by atoms with van der Waals surface area (Å²) in [6, 6.07) is 3.78. The minimum atomic E-state index is -0.606. The third-order valence-corrected chi connectivity index (χ3v) is 3.15. The van der Waals surface area contributed by atoms with E-state index in [0.717, 1.165) is 11.1 Å². The van der Waals surface area contributed by atoms with Crippen LogP contribution in [0.2, 0.25) is 0 Å². The summed E-state index contributed by atoms with van der Waals surface area (Å²) in [5.74, 6) is 0. The van der Waals surface area contributed by atoms with Crippen LogP contribution in [0.1, 0.15) is 37.5 Å². The van der Waals surface area contributed by atoms with Crippen LogP contribution in [0.15, 0.2) is 12.1 Å². The molecular formula is C16H24FNO2. The molecule has 0 saturated heterocycles. The van der Waals surface area contributed by atoms with E-state index in [1.165, 1.54) is 10.5 Å². The lowest BCUT2D eigenvalue weighted by Crippen LogP contribution is -2.38. The molecule has 0 heterocycles. The number of carbonyl (C=O) groups excluding carboxylic acids is 1. The van der Waals surface area contributed by atoms with Crippen molar-refractivity contribution in [2.45, 2.75) is 47.1 Å². The van der Waals surface area contributed by atoms with Crippen LogP contribution in [0.4, 0.5) is 14.9 Å². The van der Waals surface area contributed by atoms with Crippen molar-refractivity contribution in [3.8, 4) is 0 Å². The first-order valence-corrected chi connectivity index (χ1v) is 6.80. The number of ether oxygens (including phenoxy) is 1. The summed E-state index contributed by atoms with van der Waals surface area (Å²) in [5, 5.41) is 0. The highest BCUT2D eigenvalue weighted by Gasteiger charge is 2.23. The molecular weight excluding hydrogens is 257 g/mol. The number of hydrogen-bond acceptors (Lipinski definition) is 2. The minimum absolute atomic E-state index is 0.00312. The lowest BCUT2D eigenvalue weighted by Gasteiger charge is -2.27. The zero-order valence-electron chi connectivity index (χ0n) is 13.2. The Morgan fingerprint density at radius 2 is 1.70 bits per heavy atom. The van der Waals surface area contributed by atoms with Crippen molar-refractivity contribution in [2.75, 3.05) is 18.1 Å². The highest BCUT2D eigenvalue weighted by atomic mass is 19.1. The molecule has 0 aliphatic carbocycles. The van der Waals surface area contributed by atoms with E-state index in [9.17, 15) is 9.18 Å². The molecule has 0 radical (unpaired) electrons. The second kappa shape index (κ2) is 6.25. The third kappa shape index (κ3) is 4.22. The van der Waals surface area contributed by atoms with Gasteiger partial charge in [0.1, 0.15) is 12.3 Å². The molecule has 1 aromatic rings. The molecule has 0 atom stereocenters. The number of aryl methyl sites for hydroxylation is 2. The molecule has 20 heavy (non-hydrogen) atoms. The Bertz CT molecular complexity index is 469. The van der Waals surface area contributed by atoms with Gasteiger partial charge in [0.2, 0.25) is 0 Å². The van der Waals surface area contributed by atoms with E-state index in [1.807, 2.05) is 32.9 Å². The quantitative estimate of drug-likeness (QED) is 0.825. The van der Waals surface area contributed by atoms with Crippen LogP contribution >= 0.6 is 0 Å². The van der Waals surface area contributed by atoms with E-state index in [2.05, 4.69) is 0 Å². The van der Waals surface area contributed by atoms with Gasteiger partial charge in [-0.25, -0.2) is 9.18 Å². The van der Waals surface area contributed by atoms with Gasteiger partial charge in [-0.3, -0.25) is 4.90 Å². The van der Waals surface area contributed by atoms with Crippen molar-refractivity contribution in [2.24, 2.45) is 0 Å². The highest BCUT2D eigenvalue weighted by molar-refractivity contribution is 5.88. The average molecular weight is 281 g/mol. The van der Waals surface area contributed by atoms with Gasteiger partial charge >= 0.3 is 6.09 Å². The van der Waals surface area contributed by atoms with Crippen molar-refractivity contribution in [3.05, 3.63) is 28.8 Å². The molecule has 0 saturated carbocycles. The summed E-state index contributed by atoms with van der Waals surface area (Å²) in [7, 11) is 0. The predicted octanol–water partition coefficient (Wildman–Crippen LogP) is 4.32. The molecule has 0 bridgehead atoms. The fourth-order valence-electron chi connectivity index (χ4n) is 1.90. The van der Waals surface area contributed by atoms with Crippen LogP contribution < -0.4 is 4.90 Å². The SMILES string of the molecule is Cc1cc(N(CCF)C(=O)OC(C)(C)C)cc(C)c1C. The van der Waals surface area contributed by atoms with Gasteiger partial charge in [-0.05, 0) is 70.4 Å². The van der Waals surface area contributed by atoms with Gasteiger partial charge < -0.3 is 4.74 Å². The van der Waals surface area contributed by atoms with Crippen molar-refractivity contribution in [1.29, 1.82) is 0 Å².